The van der Waals surface area contributed by atoms with E-state index in [4.69, 9.17) is 15.7 Å². The van der Waals surface area contributed by atoms with Gasteiger partial charge in [0.25, 0.3) is 0 Å². The van der Waals surface area contributed by atoms with Gasteiger partial charge in [-0.2, -0.15) is 5.10 Å². The summed E-state index contributed by atoms with van der Waals surface area (Å²) < 4.78 is 16.4. The van der Waals surface area contributed by atoms with Crippen molar-refractivity contribution < 1.29 is 4.39 Å². The van der Waals surface area contributed by atoms with Crippen LogP contribution in [-0.4, -0.2) is 37.9 Å². The fourth-order valence-electron chi connectivity index (χ4n) is 5.03. The Morgan fingerprint density at radius 2 is 1.74 bits per heavy atom. The van der Waals surface area contributed by atoms with E-state index >= 15 is 0 Å². The highest BCUT2D eigenvalue weighted by Crippen LogP contribution is 2.29. The third-order valence-corrected chi connectivity index (χ3v) is 7.00. The van der Waals surface area contributed by atoms with Gasteiger partial charge in [0, 0.05) is 67.0 Å². The number of nitrogens with two attached hydrogens (primary N) is 1. The molecule has 0 spiro atoms. The zero-order chi connectivity index (χ0) is 25.2. The molecule has 2 aromatic heterocycles. The predicted octanol–water partition coefficient (Wildman–Crippen LogP) is 4.60. The van der Waals surface area contributed by atoms with E-state index in [1.807, 2.05) is 50.9 Å². The molecule has 3 heterocycles. The molecule has 8 heteroatoms. The van der Waals surface area contributed by atoms with Crippen molar-refractivity contribution >= 4 is 5.95 Å². The summed E-state index contributed by atoms with van der Waals surface area (Å²) >= 11 is 0. The van der Waals surface area contributed by atoms with E-state index in [1.54, 1.807) is 4.68 Å². The van der Waals surface area contributed by atoms with Crippen molar-refractivity contribution in [2.45, 2.75) is 83.8 Å². The molecule has 0 bridgehead atoms. The lowest BCUT2D eigenvalue weighted by molar-refractivity contribution is 0.203. The predicted molar refractivity (Wildman–Crippen MR) is 139 cm³/mol. The lowest BCUT2D eigenvalue weighted by Gasteiger charge is -2.41. The molecular formula is C27H38FN7. The number of rotatable bonds is 8. The molecule has 0 aliphatic carbocycles. The number of aromatic nitrogens is 4. The monoisotopic (exact) mass is 479 g/mol. The Bertz CT molecular complexity index is 1110. The van der Waals surface area contributed by atoms with Gasteiger partial charge in [0.15, 0.2) is 5.79 Å². The van der Waals surface area contributed by atoms with Crippen LogP contribution in [0, 0.1) is 6.92 Å². The summed E-state index contributed by atoms with van der Waals surface area (Å²) in [4.78, 5) is 11.9. The topological polar surface area (TPSA) is 84.9 Å². The molecule has 0 amide bonds. The molecule has 0 radical (unpaired) electrons. The van der Waals surface area contributed by atoms with Gasteiger partial charge in [-0.15, -0.1) is 0 Å². The number of piperidine rings is 1. The molecule has 188 valence electrons. The second kappa shape index (κ2) is 10.4. The molecule has 1 saturated heterocycles. The summed E-state index contributed by atoms with van der Waals surface area (Å²) in [6.07, 6.45) is 11.7. The van der Waals surface area contributed by atoms with Crippen molar-refractivity contribution in [3.63, 3.8) is 0 Å². The quantitative estimate of drug-likeness (QED) is 0.459. The van der Waals surface area contributed by atoms with E-state index in [0.29, 0.717) is 30.1 Å². The van der Waals surface area contributed by atoms with Gasteiger partial charge in [-0.1, -0.05) is 31.5 Å². The van der Waals surface area contributed by atoms with E-state index in [1.165, 1.54) is 6.92 Å². The summed E-state index contributed by atoms with van der Waals surface area (Å²) in [7, 11) is 1.89. The van der Waals surface area contributed by atoms with Crippen LogP contribution in [0.4, 0.5) is 10.3 Å². The number of nitrogens with zero attached hydrogens (tertiary/aromatic N) is 5. The standard InChI is InChI=1S/C27H38FN7/c1-6-23-11-25(12-24(7-2)33-23)35(16-19-8-18(3)9-22(10-19)27(4,28)29)26-30-13-20(14-31-26)21-15-32-34(5)17-21/h8-10,13-15,17,23-25,33H,6-7,11-12,16,29H2,1-5H3/t23-,24+,25?,27?. The van der Waals surface area contributed by atoms with Crippen molar-refractivity contribution in [1.29, 1.82) is 0 Å². The Hall–Kier alpha value is -2.84. The van der Waals surface area contributed by atoms with Crippen LogP contribution in [0.25, 0.3) is 11.1 Å². The van der Waals surface area contributed by atoms with Crippen LogP contribution in [0.5, 0.6) is 0 Å². The molecule has 1 aromatic carbocycles. The zero-order valence-corrected chi connectivity index (χ0v) is 21.5. The third-order valence-electron chi connectivity index (χ3n) is 7.00. The summed E-state index contributed by atoms with van der Waals surface area (Å²) in [6, 6.07) is 6.96. The maximum Gasteiger partial charge on any atom is 0.225 e. The fourth-order valence-corrected chi connectivity index (χ4v) is 5.03. The molecule has 2 unspecified atom stereocenters. The number of alkyl halides is 1. The Kier molecular flexibility index (Phi) is 7.52. The average molecular weight is 480 g/mol. The minimum Gasteiger partial charge on any atom is -0.333 e. The average Bonchev–Trinajstić information content (AvgIpc) is 3.27. The first-order valence-electron chi connectivity index (χ1n) is 12.6. The molecule has 3 aromatic rings. The minimum absolute atomic E-state index is 0.272. The second-order valence-electron chi connectivity index (χ2n) is 10.1. The highest BCUT2D eigenvalue weighted by atomic mass is 19.1. The van der Waals surface area contributed by atoms with E-state index in [0.717, 1.165) is 47.9 Å². The number of anilines is 1. The highest BCUT2D eigenvalue weighted by Gasteiger charge is 2.32. The number of nitrogens with one attached hydrogen (secondary N) is 1. The lowest BCUT2D eigenvalue weighted by Crippen LogP contribution is -2.52. The van der Waals surface area contributed by atoms with Crippen molar-refractivity contribution in [3.05, 3.63) is 59.7 Å². The largest absolute Gasteiger partial charge is 0.333 e. The summed E-state index contributed by atoms with van der Waals surface area (Å²) in [5, 5.41) is 8.04. The number of hydrogen-bond donors (Lipinski definition) is 2. The third kappa shape index (κ3) is 6.05. The summed E-state index contributed by atoms with van der Waals surface area (Å²) in [6.45, 7) is 8.43. The Labute approximate surface area is 208 Å². The van der Waals surface area contributed by atoms with Gasteiger partial charge >= 0.3 is 0 Å². The Morgan fingerprint density at radius 3 is 2.29 bits per heavy atom. The maximum atomic E-state index is 14.6. The molecule has 35 heavy (non-hydrogen) atoms. The SMILES string of the molecule is CC[C@@H]1CC(N(Cc2cc(C)cc(C(C)(N)F)c2)c2ncc(-c3cnn(C)c3)cn2)C[C@H](CC)N1. The Morgan fingerprint density at radius 1 is 1.09 bits per heavy atom. The zero-order valence-electron chi connectivity index (χ0n) is 21.5. The van der Waals surface area contributed by atoms with E-state index < -0.39 is 5.79 Å². The molecule has 4 rings (SSSR count). The van der Waals surface area contributed by atoms with Gasteiger partial charge in [-0.3, -0.25) is 10.4 Å². The number of hydrogen-bond acceptors (Lipinski definition) is 6. The summed E-state index contributed by atoms with van der Waals surface area (Å²) in [5.74, 6) is -1.20. The van der Waals surface area contributed by atoms with Gasteiger partial charge in [0.05, 0.1) is 6.20 Å². The second-order valence-corrected chi connectivity index (χ2v) is 10.1. The first-order chi connectivity index (χ1) is 16.7. The van der Waals surface area contributed by atoms with Crippen LogP contribution in [0.3, 0.4) is 0 Å². The first kappa shape index (κ1) is 25.3. The van der Waals surface area contributed by atoms with Crippen LogP contribution >= 0.6 is 0 Å². The fraction of sp³-hybridized carbons (Fsp3) is 0.519. The number of benzene rings is 1. The van der Waals surface area contributed by atoms with Crippen LogP contribution in [0.2, 0.25) is 0 Å². The number of aryl methyl sites for hydroxylation is 2. The molecule has 4 atom stereocenters. The van der Waals surface area contributed by atoms with Crippen molar-refractivity contribution in [2.75, 3.05) is 4.90 Å². The minimum atomic E-state index is -1.89. The van der Waals surface area contributed by atoms with Crippen molar-refractivity contribution in [2.24, 2.45) is 12.8 Å². The summed E-state index contributed by atoms with van der Waals surface area (Å²) in [5.41, 5.74) is 10.2. The van der Waals surface area contributed by atoms with Gasteiger partial charge in [-0.25, -0.2) is 14.4 Å². The van der Waals surface area contributed by atoms with Crippen LogP contribution < -0.4 is 16.0 Å². The van der Waals surface area contributed by atoms with E-state index in [9.17, 15) is 4.39 Å². The van der Waals surface area contributed by atoms with Gasteiger partial charge in [0.1, 0.15) is 0 Å². The van der Waals surface area contributed by atoms with Gasteiger partial charge in [0.2, 0.25) is 5.95 Å². The maximum absolute atomic E-state index is 14.6. The van der Waals surface area contributed by atoms with E-state index in [2.05, 4.69) is 35.2 Å². The van der Waals surface area contributed by atoms with Gasteiger partial charge < -0.3 is 10.2 Å². The Balaban J connectivity index is 1.69. The van der Waals surface area contributed by atoms with Crippen molar-refractivity contribution in [1.82, 2.24) is 25.1 Å². The van der Waals surface area contributed by atoms with Crippen molar-refractivity contribution in [3.8, 4) is 11.1 Å². The molecule has 7 nitrogen and oxygen atoms in total. The molecular weight excluding hydrogens is 441 g/mol. The molecule has 0 saturated carbocycles. The van der Waals surface area contributed by atoms with Crippen LogP contribution in [0.15, 0.2) is 43.0 Å². The smallest absolute Gasteiger partial charge is 0.225 e. The molecule has 1 aliphatic heterocycles. The molecule has 3 N–H and O–H groups in total. The normalized spacial score (nSPS) is 22.1. The molecule has 1 aliphatic rings. The van der Waals surface area contributed by atoms with Gasteiger partial charge in [-0.05, 0) is 51.2 Å². The van der Waals surface area contributed by atoms with Crippen LogP contribution in [-0.2, 0) is 19.4 Å². The molecule has 1 fully saturated rings. The first-order valence-corrected chi connectivity index (χ1v) is 12.6. The lowest BCUT2D eigenvalue weighted by atomic mass is 9.89. The number of halogens is 1. The van der Waals surface area contributed by atoms with E-state index in [-0.39, 0.29) is 6.04 Å². The highest BCUT2D eigenvalue weighted by molar-refractivity contribution is 5.60. The van der Waals surface area contributed by atoms with Crippen LogP contribution in [0.1, 0.15) is 63.1 Å².